The van der Waals surface area contributed by atoms with Crippen molar-refractivity contribution in [3.63, 3.8) is 0 Å². The molecule has 0 fully saturated rings. The van der Waals surface area contributed by atoms with Crippen LogP contribution in [0.4, 0.5) is 74.6 Å². The van der Waals surface area contributed by atoms with Crippen LogP contribution in [0.5, 0.6) is 0 Å². The molecular formula is C12H4F17N. The predicted octanol–water partition coefficient (Wildman–Crippen LogP) is 6.48. The molecule has 18 heteroatoms. The van der Waals surface area contributed by atoms with Gasteiger partial charge in [-0.3, -0.25) is 0 Å². The molecule has 1 rings (SSSR count). The zero-order valence-corrected chi connectivity index (χ0v) is 13.2. The number of alkyl halides is 17. The van der Waals surface area contributed by atoms with Gasteiger partial charge in [0.2, 0.25) is 0 Å². The summed E-state index contributed by atoms with van der Waals surface area (Å²) in [5.41, 5.74) is -2.27. The topological polar surface area (TPSA) is 15.8 Å². The fourth-order valence-corrected chi connectivity index (χ4v) is 1.86. The second-order valence-electron chi connectivity index (χ2n) is 5.62. The molecule has 0 aliphatic heterocycles. The van der Waals surface area contributed by atoms with Crippen molar-refractivity contribution in [2.24, 2.45) is 0 Å². The van der Waals surface area contributed by atoms with E-state index < -0.39 is 53.2 Å². The first kappa shape index (κ1) is 26.1. The van der Waals surface area contributed by atoms with Crippen LogP contribution >= 0.6 is 0 Å². The van der Waals surface area contributed by atoms with Gasteiger partial charge in [-0.15, -0.1) is 0 Å². The third-order valence-electron chi connectivity index (χ3n) is 3.68. The molecule has 0 atom stereocenters. The van der Waals surface area contributed by atoms with Crippen LogP contribution in [0, 0.1) is 0 Å². The van der Waals surface area contributed by atoms with Crippen molar-refractivity contribution < 1.29 is 74.6 Å². The van der Waals surface area contributed by atoms with Crippen LogP contribution in [0.2, 0.25) is 0 Å². The zero-order valence-electron chi connectivity index (χ0n) is 13.2. The molecule has 0 saturated heterocycles. The fraction of sp³-hybridized carbons (Fsp3) is 0.667. The largest absolute Gasteiger partial charge is 0.460 e. The summed E-state index contributed by atoms with van der Waals surface area (Å²) in [5, 5.41) is 0. The summed E-state index contributed by atoms with van der Waals surface area (Å²) in [6, 6.07) is -0.160. The van der Waals surface area contributed by atoms with Gasteiger partial charge in [-0.05, 0) is 6.07 Å². The molecular weight excluding hydrogens is 481 g/mol. The Labute approximate surface area is 152 Å². The first-order chi connectivity index (χ1) is 12.9. The molecule has 0 aliphatic carbocycles. The lowest BCUT2D eigenvalue weighted by Gasteiger charge is -2.42. The first-order valence-corrected chi connectivity index (χ1v) is 6.70. The molecule has 1 aromatic rings. The number of hydrogen-bond acceptors (Lipinski definition) is 0. The second kappa shape index (κ2) is 6.54. The molecule has 1 nitrogen and oxygen atoms in total. The van der Waals surface area contributed by atoms with E-state index in [9.17, 15) is 74.6 Å². The van der Waals surface area contributed by atoms with Crippen LogP contribution in [-0.4, -0.2) is 46.7 Å². The number of halogens is 17. The highest BCUT2D eigenvalue weighted by atomic mass is 19.4. The summed E-state index contributed by atoms with van der Waals surface area (Å²) in [7, 11) is 0. The molecule has 30 heavy (non-hydrogen) atoms. The maximum absolute atomic E-state index is 13.6. The van der Waals surface area contributed by atoms with Crippen LogP contribution < -0.4 is 0 Å². The van der Waals surface area contributed by atoms with Crippen molar-refractivity contribution in [3.05, 3.63) is 24.0 Å². The molecule has 0 amide bonds. The molecule has 0 aromatic carbocycles. The van der Waals surface area contributed by atoms with Gasteiger partial charge in [0.1, 0.15) is 0 Å². The van der Waals surface area contributed by atoms with Crippen LogP contribution in [0.1, 0.15) is 5.56 Å². The Kier molecular flexibility index (Phi) is 5.70. The van der Waals surface area contributed by atoms with Gasteiger partial charge in [-0.25, -0.2) is 0 Å². The number of aromatic nitrogens is 1. The number of rotatable bonds is 7. The summed E-state index contributed by atoms with van der Waals surface area (Å²) in [5.74, 6) is -56.3. The molecule has 0 saturated carbocycles. The standard InChI is InChI=1S/C12H4F17N/c13-5(14,4-1-2-30-3-4)6(15,16)7(17,18)8(19,20)9(21,22)10(23,24)11(25,26)12(27,28)29/h1-3,30H. The van der Waals surface area contributed by atoms with Crippen molar-refractivity contribution in [1.82, 2.24) is 4.98 Å². The van der Waals surface area contributed by atoms with Gasteiger partial charge in [0.25, 0.3) is 0 Å². The Balaban J connectivity index is 3.67. The summed E-state index contributed by atoms with van der Waals surface area (Å²) < 4.78 is 221. The van der Waals surface area contributed by atoms with E-state index in [1.54, 1.807) is 4.98 Å². The monoisotopic (exact) mass is 485 g/mol. The molecule has 176 valence electrons. The Morgan fingerprint density at radius 1 is 0.467 bits per heavy atom. The van der Waals surface area contributed by atoms with Gasteiger partial charge in [0.15, 0.2) is 0 Å². The van der Waals surface area contributed by atoms with E-state index in [-0.39, 0.29) is 12.3 Å². The maximum Gasteiger partial charge on any atom is 0.460 e. The molecule has 1 heterocycles. The van der Waals surface area contributed by atoms with Gasteiger partial charge in [0.05, 0.1) is 0 Å². The highest BCUT2D eigenvalue weighted by Gasteiger charge is 2.95. The van der Waals surface area contributed by atoms with Crippen LogP contribution in [0.3, 0.4) is 0 Å². The molecule has 0 unspecified atom stereocenters. The maximum atomic E-state index is 13.6. The van der Waals surface area contributed by atoms with Crippen LogP contribution in [-0.2, 0) is 5.92 Å². The number of nitrogens with one attached hydrogen (secondary N) is 1. The summed E-state index contributed by atoms with van der Waals surface area (Å²) in [6.07, 6.45) is -7.67. The van der Waals surface area contributed by atoms with Crippen LogP contribution in [0.15, 0.2) is 18.5 Å². The van der Waals surface area contributed by atoms with Gasteiger partial charge in [-0.1, -0.05) is 0 Å². The lowest BCUT2D eigenvalue weighted by Crippen LogP contribution is -2.74. The minimum atomic E-state index is -8.61. The number of H-pyrrole nitrogens is 1. The van der Waals surface area contributed by atoms with Crippen molar-refractivity contribution in [3.8, 4) is 0 Å². The molecule has 0 spiro atoms. The third-order valence-corrected chi connectivity index (χ3v) is 3.68. The quantitative estimate of drug-likeness (QED) is 0.426. The van der Waals surface area contributed by atoms with E-state index in [2.05, 4.69) is 0 Å². The lowest BCUT2D eigenvalue weighted by molar-refractivity contribution is -0.462. The molecule has 1 N–H and O–H groups in total. The molecule has 0 aliphatic rings. The van der Waals surface area contributed by atoms with E-state index in [1.807, 2.05) is 0 Å². The molecule has 1 aromatic heterocycles. The van der Waals surface area contributed by atoms with Gasteiger partial charge in [-0.2, -0.15) is 74.6 Å². The van der Waals surface area contributed by atoms with E-state index in [0.29, 0.717) is 6.20 Å². The van der Waals surface area contributed by atoms with Gasteiger partial charge in [0, 0.05) is 18.0 Å². The summed E-state index contributed by atoms with van der Waals surface area (Å²) in [6.45, 7) is 0. The smallest absolute Gasteiger partial charge is 0.367 e. The summed E-state index contributed by atoms with van der Waals surface area (Å²) >= 11 is 0. The van der Waals surface area contributed by atoms with Crippen molar-refractivity contribution in [2.75, 3.05) is 0 Å². The first-order valence-electron chi connectivity index (χ1n) is 6.70. The number of aromatic amines is 1. The van der Waals surface area contributed by atoms with Gasteiger partial charge >= 0.3 is 47.6 Å². The third kappa shape index (κ3) is 2.99. The Hall–Kier alpha value is -1.91. The number of hydrogen-bond donors (Lipinski definition) is 1. The van der Waals surface area contributed by atoms with E-state index >= 15 is 0 Å². The highest BCUT2D eigenvalue weighted by molar-refractivity contribution is 5.23. The minimum Gasteiger partial charge on any atom is -0.367 e. The average Bonchev–Trinajstić information content (AvgIpc) is 3.07. The van der Waals surface area contributed by atoms with Crippen molar-refractivity contribution >= 4 is 0 Å². The summed E-state index contributed by atoms with van der Waals surface area (Å²) in [4.78, 5) is 1.55. The highest BCUT2D eigenvalue weighted by Crippen LogP contribution is 2.64. The zero-order chi connectivity index (χ0) is 24.4. The SMILES string of the molecule is FC(F)(F)C(F)(F)C(F)(F)C(F)(F)C(F)(F)C(F)(F)C(F)(F)C(F)(F)c1cc[nH]c1. The Bertz CT molecular complexity index is 741. The lowest BCUT2D eigenvalue weighted by atomic mass is 9.88. The van der Waals surface area contributed by atoms with Crippen molar-refractivity contribution in [2.45, 2.75) is 47.6 Å². The Morgan fingerprint density at radius 2 is 0.800 bits per heavy atom. The van der Waals surface area contributed by atoms with Crippen LogP contribution in [0.25, 0.3) is 0 Å². The Morgan fingerprint density at radius 3 is 1.10 bits per heavy atom. The van der Waals surface area contributed by atoms with Crippen molar-refractivity contribution in [1.29, 1.82) is 0 Å². The van der Waals surface area contributed by atoms with Gasteiger partial charge < -0.3 is 4.98 Å². The predicted molar refractivity (Wildman–Crippen MR) is 60.4 cm³/mol. The molecule has 0 radical (unpaired) electrons. The fourth-order valence-electron chi connectivity index (χ4n) is 1.86. The molecule has 0 bridgehead atoms. The second-order valence-corrected chi connectivity index (χ2v) is 5.62. The van der Waals surface area contributed by atoms with E-state index in [4.69, 9.17) is 0 Å². The average molecular weight is 485 g/mol. The van der Waals surface area contributed by atoms with E-state index in [1.165, 1.54) is 0 Å². The van der Waals surface area contributed by atoms with E-state index in [0.717, 1.165) is 0 Å². The minimum absolute atomic E-state index is 0.160. The normalized spacial score (nSPS) is 16.2.